The minimum Gasteiger partial charge on any atom is -0.383 e. The molecule has 0 saturated heterocycles. The second-order valence-corrected chi connectivity index (χ2v) is 6.31. The number of amidine groups is 1. The second-order valence-electron chi connectivity index (χ2n) is 5.51. The van der Waals surface area contributed by atoms with Gasteiger partial charge < -0.3 is 11.1 Å². The van der Waals surface area contributed by atoms with Crippen LogP contribution >= 0.6 is 11.5 Å². The Labute approximate surface area is 129 Å². The Morgan fingerprint density at radius 1 is 1.29 bits per heavy atom. The number of hydrogen-bond donors (Lipinski definition) is 2. The van der Waals surface area contributed by atoms with E-state index in [1.165, 1.54) is 29.9 Å². The molecule has 0 aliphatic heterocycles. The Kier molecular flexibility index (Phi) is 4.20. The summed E-state index contributed by atoms with van der Waals surface area (Å²) in [5, 5.41) is 4.34. The number of anilines is 2. The number of aromatic nitrogens is 1. The topological polar surface area (TPSA) is 63.3 Å². The monoisotopic (exact) mass is 300 g/mol. The molecule has 0 atom stereocenters. The van der Waals surface area contributed by atoms with E-state index < -0.39 is 0 Å². The highest BCUT2D eigenvalue weighted by Crippen LogP contribution is 2.26. The molecule has 0 spiro atoms. The molecule has 0 radical (unpaired) electrons. The van der Waals surface area contributed by atoms with Crippen molar-refractivity contribution in [2.45, 2.75) is 38.6 Å². The van der Waals surface area contributed by atoms with Crippen molar-refractivity contribution >= 4 is 28.1 Å². The van der Waals surface area contributed by atoms with Gasteiger partial charge in [0.1, 0.15) is 10.8 Å². The van der Waals surface area contributed by atoms with E-state index >= 15 is 0 Å². The van der Waals surface area contributed by atoms with Crippen molar-refractivity contribution in [3.05, 3.63) is 41.6 Å². The summed E-state index contributed by atoms with van der Waals surface area (Å²) in [6.45, 7) is 2.08. The van der Waals surface area contributed by atoms with Crippen molar-refractivity contribution in [2.24, 2.45) is 10.7 Å². The molecule has 0 unspecified atom stereocenters. The molecule has 2 aromatic rings. The van der Waals surface area contributed by atoms with Gasteiger partial charge in [-0.3, -0.25) is 4.99 Å². The quantitative estimate of drug-likeness (QED) is 0.666. The van der Waals surface area contributed by atoms with E-state index in [0.717, 1.165) is 29.1 Å². The first-order valence-corrected chi connectivity index (χ1v) is 8.12. The molecule has 1 saturated carbocycles. The normalized spacial score (nSPS) is 16.3. The average Bonchev–Trinajstić information content (AvgIpc) is 3.13. The van der Waals surface area contributed by atoms with E-state index in [2.05, 4.69) is 45.9 Å². The molecule has 3 rings (SSSR count). The summed E-state index contributed by atoms with van der Waals surface area (Å²) in [5.74, 6) is 0.602. The molecule has 21 heavy (non-hydrogen) atoms. The molecular formula is C16H20N4S. The predicted octanol–water partition coefficient (Wildman–Crippen LogP) is 3.84. The van der Waals surface area contributed by atoms with Gasteiger partial charge in [-0.1, -0.05) is 30.5 Å². The van der Waals surface area contributed by atoms with Crippen LogP contribution in [0.3, 0.4) is 0 Å². The summed E-state index contributed by atoms with van der Waals surface area (Å²) in [7, 11) is 0. The van der Waals surface area contributed by atoms with Crippen LogP contribution in [0.15, 0.2) is 35.5 Å². The molecule has 110 valence electrons. The average molecular weight is 300 g/mol. The summed E-state index contributed by atoms with van der Waals surface area (Å²) >= 11 is 1.41. The third-order valence-electron chi connectivity index (χ3n) is 3.80. The van der Waals surface area contributed by atoms with E-state index in [0.29, 0.717) is 11.9 Å². The molecule has 5 heteroatoms. The van der Waals surface area contributed by atoms with E-state index in [-0.39, 0.29) is 0 Å². The zero-order valence-corrected chi connectivity index (χ0v) is 13.0. The maximum atomic E-state index is 6.17. The molecule has 1 aromatic carbocycles. The first-order chi connectivity index (χ1) is 10.2. The van der Waals surface area contributed by atoms with Gasteiger partial charge in [-0.2, -0.15) is 4.37 Å². The van der Waals surface area contributed by atoms with Crippen LogP contribution in [0.25, 0.3) is 0 Å². The lowest BCUT2D eigenvalue weighted by Crippen LogP contribution is -2.17. The molecule has 1 aliphatic carbocycles. The summed E-state index contributed by atoms with van der Waals surface area (Å²) in [4.78, 5) is 4.66. The zero-order chi connectivity index (χ0) is 14.7. The van der Waals surface area contributed by atoms with E-state index in [1.807, 2.05) is 0 Å². The maximum Gasteiger partial charge on any atom is 0.130 e. The number of hydrogen-bond acceptors (Lipinski definition) is 4. The molecule has 1 fully saturated rings. The second kappa shape index (κ2) is 6.26. The smallest absolute Gasteiger partial charge is 0.130 e. The fourth-order valence-corrected chi connectivity index (χ4v) is 3.26. The minimum atomic E-state index is 0.386. The summed E-state index contributed by atoms with van der Waals surface area (Å²) in [5.41, 5.74) is 9.37. The maximum absolute atomic E-state index is 6.17. The van der Waals surface area contributed by atoms with Gasteiger partial charge in [-0.05, 0) is 43.4 Å². The minimum absolute atomic E-state index is 0.386. The predicted molar refractivity (Wildman–Crippen MR) is 89.6 cm³/mol. The fourth-order valence-electron chi connectivity index (χ4n) is 2.58. The molecule has 3 N–H and O–H groups in total. The standard InChI is InChI=1S/C16H20N4S/c1-11-6-8-13(9-7-11)20-16-14(10-18-21-16)15(17)19-12-4-2-3-5-12/h6-10,12,20H,2-5H2,1H3,(H2,17,19). The van der Waals surface area contributed by atoms with Crippen molar-refractivity contribution in [3.63, 3.8) is 0 Å². The van der Waals surface area contributed by atoms with Crippen LogP contribution in [0, 0.1) is 6.92 Å². The van der Waals surface area contributed by atoms with Gasteiger partial charge in [0.25, 0.3) is 0 Å². The fraction of sp³-hybridized carbons (Fsp3) is 0.375. The van der Waals surface area contributed by atoms with Crippen LogP contribution < -0.4 is 11.1 Å². The Balaban J connectivity index is 1.78. The van der Waals surface area contributed by atoms with E-state index in [1.54, 1.807) is 6.20 Å². The van der Waals surface area contributed by atoms with Crippen LogP contribution in [0.2, 0.25) is 0 Å². The van der Waals surface area contributed by atoms with Crippen molar-refractivity contribution in [3.8, 4) is 0 Å². The van der Waals surface area contributed by atoms with Crippen molar-refractivity contribution in [1.82, 2.24) is 4.37 Å². The van der Waals surface area contributed by atoms with Crippen molar-refractivity contribution in [1.29, 1.82) is 0 Å². The van der Waals surface area contributed by atoms with Crippen LogP contribution in [0.4, 0.5) is 10.7 Å². The van der Waals surface area contributed by atoms with Gasteiger partial charge in [0, 0.05) is 5.69 Å². The number of rotatable bonds is 4. The molecule has 0 amide bonds. The number of aryl methyl sites for hydroxylation is 1. The molecule has 1 aromatic heterocycles. The highest BCUT2D eigenvalue weighted by atomic mass is 32.1. The van der Waals surface area contributed by atoms with Crippen molar-refractivity contribution in [2.75, 3.05) is 5.32 Å². The van der Waals surface area contributed by atoms with Gasteiger partial charge in [-0.25, -0.2) is 0 Å². The first kappa shape index (κ1) is 14.1. The van der Waals surface area contributed by atoms with Gasteiger partial charge >= 0.3 is 0 Å². The highest BCUT2D eigenvalue weighted by Gasteiger charge is 2.16. The summed E-state index contributed by atoms with van der Waals surface area (Å²) in [6, 6.07) is 8.67. The Morgan fingerprint density at radius 3 is 2.71 bits per heavy atom. The lowest BCUT2D eigenvalue weighted by atomic mass is 10.2. The summed E-state index contributed by atoms with van der Waals surface area (Å²) < 4.78 is 4.25. The van der Waals surface area contributed by atoms with Crippen molar-refractivity contribution < 1.29 is 0 Å². The number of benzene rings is 1. The molecule has 4 nitrogen and oxygen atoms in total. The first-order valence-electron chi connectivity index (χ1n) is 7.34. The molecule has 1 aliphatic rings. The molecule has 1 heterocycles. The molecular weight excluding hydrogens is 280 g/mol. The Bertz CT molecular complexity index is 624. The van der Waals surface area contributed by atoms with E-state index in [4.69, 9.17) is 5.73 Å². The van der Waals surface area contributed by atoms with Gasteiger partial charge in [-0.15, -0.1) is 0 Å². The lowest BCUT2D eigenvalue weighted by Gasteiger charge is -2.08. The Morgan fingerprint density at radius 2 is 2.00 bits per heavy atom. The number of aliphatic imine (C=N–C) groups is 1. The van der Waals surface area contributed by atoms with Crippen LogP contribution in [-0.4, -0.2) is 16.3 Å². The highest BCUT2D eigenvalue weighted by molar-refractivity contribution is 7.10. The number of nitrogens with one attached hydrogen (secondary N) is 1. The van der Waals surface area contributed by atoms with Crippen LogP contribution in [0.1, 0.15) is 36.8 Å². The number of nitrogens with two attached hydrogens (primary N) is 1. The SMILES string of the molecule is Cc1ccc(Nc2sncc2C(N)=NC2CCCC2)cc1. The Hall–Kier alpha value is -1.88. The molecule has 0 bridgehead atoms. The van der Waals surface area contributed by atoms with Gasteiger partial charge in [0.15, 0.2) is 0 Å². The van der Waals surface area contributed by atoms with Crippen LogP contribution in [0.5, 0.6) is 0 Å². The third kappa shape index (κ3) is 3.42. The van der Waals surface area contributed by atoms with Crippen LogP contribution in [-0.2, 0) is 0 Å². The largest absolute Gasteiger partial charge is 0.383 e. The van der Waals surface area contributed by atoms with Gasteiger partial charge in [0.05, 0.1) is 17.8 Å². The number of nitrogens with zero attached hydrogens (tertiary/aromatic N) is 2. The van der Waals surface area contributed by atoms with Gasteiger partial charge in [0.2, 0.25) is 0 Å². The summed E-state index contributed by atoms with van der Waals surface area (Å²) in [6.07, 6.45) is 6.63. The zero-order valence-electron chi connectivity index (χ0n) is 12.2. The third-order valence-corrected chi connectivity index (χ3v) is 4.52. The van der Waals surface area contributed by atoms with E-state index in [9.17, 15) is 0 Å². The lowest BCUT2D eigenvalue weighted by molar-refractivity contribution is 0.706.